The molecule has 0 radical (unpaired) electrons. The standard InChI is InChI=1S/C26H31N3O2/c1-5-20-10-8-9-17-29(20)25(30)22-12-7-6-11-21(22)24-27-23(28-31-24)18-13-15-19(16-14-18)26(2,3)4/h6-7,11-16,20H,5,8-10,17H2,1-4H3. The predicted molar refractivity (Wildman–Crippen MR) is 123 cm³/mol. The Kier molecular flexibility index (Phi) is 5.94. The minimum absolute atomic E-state index is 0.0523. The number of nitrogens with zero attached hydrogens (tertiary/aromatic N) is 3. The molecule has 31 heavy (non-hydrogen) atoms. The van der Waals surface area contributed by atoms with E-state index in [2.05, 4.69) is 50.0 Å². The van der Waals surface area contributed by atoms with Crippen LogP contribution in [0.2, 0.25) is 0 Å². The van der Waals surface area contributed by atoms with Gasteiger partial charge < -0.3 is 9.42 Å². The van der Waals surface area contributed by atoms with Crippen molar-refractivity contribution in [3.8, 4) is 22.8 Å². The van der Waals surface area contributed by atoms with Crippen molar-refractivity contribution in [1.29, 1.82) is 0 Å². The highest BCUT2D eigenvalue weighted by Crippen LogP contribution is 2.30. The van der Waals surface area contributed by atoms with Gasteiger partial charge in [0.25, 0.3) is 11.8 Å². The highest BCUT2D eigenvalue weighted by atomic mass is 16.5. The van der Waals surface area contributed by atoms with Crippen molar-refractivity contribution in [2.75, 3.05) is 6.54 Å². The largest absolute Gasteiger partial charge is 0.336 e. The summed E-state index contributed by atoms with van der Waals surface area (Å²) in [5.74, 6) is 0.961. The molecule has 0 spiro atoms. The van der Waals surface area contributed by atoms with Gasteiger partial charge in [-0.3, -0.25) is 4.79 Å². The number of aromatic nitrogens is 2. The van der Waals surface area contributed by atoms with Crippen LogP contribution >= 0.6 is 0 Å². The third-order valence-corrected chi connectivity index (χ3v) is 6.18. The first-order valence-corrected chi connectivity index (χ1v) is 11.2. The number of rotatable bonds is 4. The van der Waals surface area contributed by atoms with E-state index >= 15 is 0 Å². The number of benzene rings is 2. The Morgan fingerprint density at radius 1 is 1.10 bits per heavy atom. The van der Waals surface area contributed by atoms with Gasteiger partial charge in [0.1, 0.15) is 0 Å². The summed E-state index contributed by atoms with van der Waals surface area (Å²) in [6.07, 6.45) is 4.29. The molecule has 2 heterocycles. The Morgan fingerprint density at radius 2 is 1.84 bits per heavy atom. The van der Waals surface area contributed by atoms with Crippen LogP contribution in [0.4, 0.5) is 0 Å². The van der Waals surface area contributed by atoms with Gasteiger partial charge in [-0.05, 0) is 48.8 Å². The molecular weight excluding hydrogens is 386 g/mol. The van der Waals surface area contributed by atoms with E-state index in [0.29, 0.717) is 28.9 Å². The Hall–Kier alpha value is -2.95. The van der Waals surface area contributed by atoms with Crippen molar-refractivity contribution in [3.05, 3.63) is 59.7 Å². The number of piperidine rings is 1. The molecule has 1 saturated heterocycles. The van der Waals surface area contributed by atoms with Crippen molar-refractivity contribution < 1.29 is 9.32 Å². The van der Waals surface area contributed by atoms with Gasteiger partial charge >= 0.3 is 0 Å². The Morgan fingerprint density at radius 3 is 2.55 bits per heavy atom. The first-order valence-electron chi connectivity index (χ1n) is 11.2. The molecule has 2 aromatic carbocycles. The van der Waals surface area contributed by atoms with Gasteiger partial charge in [-0.1, -0.05) is 69.2 Å². The smallest absolute Gasteiger partial charge is 0.259 e. The number of amides is 1. The van der Waals surface area contributed by atoms with E-state index in [9.17, 15) is 4.79 Å². The van der Waals surface area contributed by atoms with E-state index in [1.54, 1.807) is 0 Å². The zero-order valence-corrected chi connectivity index (χ0v) is 18.9. The van der Waals surface area contributed by atoms with Crippen molar-refractivity contribution >= 4 is 5.91 Å². The van der Waals surface area contributed by atoms with Gasteiger partial charge in [-0.15, -0.1) is 0 Å². The van der Waals surface area contributed by atoms with Crippen LogP contribution in [0.25, 0.3) is 22.8 Å². The maximum Gasteiger partial charge on any atom is 0.259 e. The molecule has 3 aromatic rings. The molecule has 1 aliphatic rings. The van der Waals surface area contributed by atoms with Crippen LogP contribution in [0.1, 0.15) is 69.3 Å². The van der Waals surface area contributed by atoms with Crippen molar-refractivity contribution in [2.24, 2.45) is 0 Å². The van der Waals surface area contributed by atoms with Gasteiger partial charge in [0.05, 0.1) is 11.1 Å². The number of carbonyl (C=O) groups excluding carboxylic acids is 1. The highest BCUT2D eigenvalue weighted by molar-refractivity contribution is 6.00. The second-order valence-corrected chi connectivity index (χ2v) is 9.35. The summed E-state index contributed by atoms with van der Waals surface area (Å²) in [5, 5.41) is 4.19. The molecule has 0 saturated carbocycles. The zero-order valence-electron chi connectivity index (χ0n) is 18.9. The zero-order chi connectivity index (χ0) is 22.0. The molecule has 0 bridgehead atoms. The average Bonchev–Trinajstić information content (AvgIpc) is 3.28. The molecule has 1 atom stereocenters. The van der Waals surface area contributed by atoms with Gasteiger partial charge in [-0.2, -0.15) is 4.98 Å². The molecule has 5 heteroatoms. The average molecular weight is 418 g/mol. The lowest BCUT2D eigenvalue weighted by atomic mass is 9.87. The fourth-order valence-corrected chi connectivity index (χ4v) is 4.27. The second kappa shape index (κ2) is 8.66. The van der Waals surface area contributed by atoms with E-state index in [1.165, 1.54) is 12.0 Å². The van der Waals surface area contributed by atoms with Crippen molar-refractivity contribution in [2.45, 2.75) is 64.8 Å². The van der Waals surface area contributed by atoms with Gasteiger partial charge in [-0.25, -0.2) is 0 Å². The molecule has 1 fully saturated rings. The van der Waals surface area contributed by atoms with Crippen LogP contribution in [0, 0.1) is 0 Å². The topological polar surface area (TPSA) is 59.2 Å². The van der Waals surface area contributed by atoms with Crippen LogP contribution < -0.4 is 0 Å². The second-order valence-electron chi connectivity index (χ2n) is 9.35. The van der Waals surface area contributed by atoms with E-state index in [4.69, 9.17) is 4.52 Å². The third-order valence-electron chi connectivity index (χ3n) is 6.18. The maximum absolute atomic E-state index is 13.4. The molecule has 0 aliphatic carbocycles. The number of hydrogen-bond donors (Lipinski definition) is 0. The number of likely N-dealkylation sites (tertiary alicyclic amines) is 1. The molecule has 162 valence electrons. The molecule has 1 amide bonds. The molecule has 1 aliphatic heterocycles. The van der Waals surface area contributed by atoms with E-state index < -0.39 is 0 Å². The predicted octanol–water partition coefficient (Wildman–Crippen LogP) is 6.11. The van der Waals surface area contributed by atoms with E-state index in [1.807, 2.05) is 41.3 Å². The summed E-state index contributed by atoms with van der Waals surface area (Å²) < 4.78 is 5.60. The lowest BCUT2D eigenvalue weighted by Gasteiger charge is -2.35. The number of hydrogen-bond acceptors (Lipinski definition) is 4. The normalized spacial score (nSPS) is 17.0. The molecule has 1 unspecified atom stereocenters. The van der Waals surface area contributed by atoms with E-state index in [-0.39, 0.29) is 11.3 Å². The fourth-order valence-electron chi connectivity index (χ4n) is 4.27. The Bertz CT molecular complexity index is 1050. The first kappa shape index (κ1) is 21.3. The minimum atomic E-state index is 0.0523. The van der Waals surface area contributed by atoms with Crippen LogP contribution in [-0.4, -0.2) is 33.5 Å². The van der Waals surface area contributed by atoms with Crippen molar-refractivity contribution in [1.82, 2.24) is 15.0 Å². The lowest BCUT2D eigenvalue weighted by molar-refractivity contribution is 0.0608. The monoisotopic (exact) mass is 417 g/mol. The fraction of sp³-hybridized carbons (Fsp3) is 0.423. The number of carbonyl (C=O) groups is 1. The van der Waals surface area contributed by atoms with Crippen LogP contribution in [0.15, 0.2) is 53.1 Å². The molecule has 0 N–H and O–H groups in total. The quantitative estimate of drug-likeness (QED) is 0.514. The summed E-state index contributed by atoms with van der Waals surface area (Å²) in [7, 11) is 0. The summed E-state index contributed by atoms with van der Waals surface area (Å²) in [4.78, 5) is 20.0. The summed E-state index contributed by atoms with van der Waals surface area (Å²) in [6, 6.07) is 16.1. The van der Waals surface area contributed by atoms with Gasteiger partial charge in [0.2, 0.25) is 5.82 Å². The van der Waals surface area contributed by atoms with Gasteiger partial charge in [0.15, 0.2) is 0 Å². The Labute approximate surface area is 184 Å². The first-order chi connectivity index (χ1) is 14.9. The molecular formula is C26H31N3O2. The SMILES string of the molecule is CCC1CCCCN1C(=O)c1ccccc1-c1nc(-c2ccc(C(C)(C)C)cc2)no1. The Balaban J connectivity index is 1.63. The molecule has 5 nitrogen and oxygen atoms in total. The van der Waals surface area contributed by atoms with Gasteiger partial charge in [0, 0.05) is 18.2 Å². The molecule has 4 rings (SSSR count). The van der Waals surface area contributed by atoms with Crippen molar-refractivity contribution in [3.63, 3.8) is 0 Å². The van der Waals surface area contributed by atoms with Crippen LogP contribution in [-0.2, 0) is 5.41 Å². The minimum Gasteiger partial charge on any atom is -0.336 e. The highest BCUT2D eigenvalue weighted by Gasteiger charge is 2.28. The molecule has 1 aromatic heterocycles. The third kappa shape index (κ3) is 4.41. The maximum atomic E-state index is 13.4. The lowest BCUT2D eigenvalue weighted by Crippen LogP contribution is -2.43. The van der Waals surface area contributed by atoms with Crippen LogP contribution in [0.3, 0.4) is 0 Å². The summed E-state index contributed by atoms with van der Waals surface area (Å²) >= 11 is 0. The summed E-state index contributed by atoms with van der Waals surface area (Å²) in [6.45, 7) is 9.52. The van der Waals surface area contributed by atoms with E-state index in [0.717, 1.165) is 31.4 Å². The van der Waals surface area contributed by atoms with Crippen LogP contribution in [0.5, 0.6) is 0 Å². The summed E-state index contributed by atoms with van der Waals surface area (Å²) in [5.41, 5.74) is 3.56.